The van der Waals surface area contributed by atoms with E-state index in [1.54, 1.807) is 6.07 Å². The first-order valence-corrected chi connectivity index (χ1v) is 6.76. The summed E-state index contributed by atoms with van der Waals surface area (Å²) < 4.78 is 0. The summed E-state index contributed by atoms with van der Waals surface area (Å²) in [4.78, 5) is 13.4. The third-order valence-corrected chi connectivity index (χ3v) is 3.42. The molecule has 0 aromatic heterocycles. The highest BCUT2D eigenvalue weighted by Crippen LogP contribution is 2.26. The Labute approximate surface area is 114 Å². The van der Waals surface area contributed by atoms with Crippen molar-refractivity contribution in [1.82, 2.24) is 0 Å². The maximum atomic E-state index is 11.4. The molecule has 0 saturated carbocycles. The van der Waals surface area contributed by atoms with Crippen LogP contribution < -0.4 is 4.90 Å². The summed E-state index contributed by atoms with van der Waals surface area (Å²) in [6, 6.07) is 5.68. The zero-order valence-electron chi connectivity index (χ0n) is 11.9. The van der Waals surface area contributed by atoms with Crippen LogP contribution in [0.4, 0.5) is 5.69 Å². The number of aromatic carboxylic acids is 1. The number of carbonyl (C=O) groups is 1. The molecule has 0 heterocycles. The fourth-order valence-electron chi connectivity index (χ4n) is 2.41. The van der Waals surface area contributed by atoms with Crippen LogP contribution in [0.15, 0.2) is 18.2 Å². The third kappa shape index (κ3) is 3.70. The molecule has 0 aliphatic carbocycles. The quantitative estimate of drug-likeness (QED) is 0.795. The number of nitrogens with zero attached hydrogens (tertiary/aromatic N) is 1. The van der Waals surface area contributed by atoms with Gasteiger partial charge in [0.05, 0.1) is 17.9 Å². The van der Waals surface area contributed by atoms with Gasteiger partial charge in [-0.05, 0) is 31.9 Å². The van der Waals surface area contributed by atoms with Crippen molar-refractivity contribution in [3.8, 4) is 0 Å². The molecule has 19 heavy (non-hydrogen) atoms. The molecular weight excluding hydrogens is 242 g/mol. The average Bonchev–Trinajstić information content (AvgIpc) is 2.39. The largest absolute Gasteiger partial charge is 0.478 e. The summed E-state index contributed by atoms with van der Waals surface area (Å²) in [6.45, 7) is 6.50. The van der Waals surface area contributed by atoms with Gasteiger partial charge in [0.25, 0.3) is 0 Å². The molecule has 0 amide bonds. The fourth-order valence-corrected chi connectivity index (χ4v) is 2.41. The van der Waals surface area contributed by atoms with Crippen LogP contribution >= 0.6 is 0 Å². The number of benzene rings is 1. The lowest BCUT2D eigenvalue weighted by Crippen LogP contribution is -2.37. The predicted octanol–water partition coefficient (Wildman–Crippen LogP) is 2.68. The van der Waals surface area contributed by atoms with Gasteiger partial charge in [0.2, 0.25) is 0 Å². The van der Waals surface area contributed by atoms with E-state index in [0.717, 1.165) is 18.4 Å². The number of rotatable bonds is 7. The molecule has 4 nitrogen and oxygen atoms in total. The number of aryl methyl sites for hydroxylation is 1. The van der Waals surface area contributed by atoms with E-state index in [2.05, 4.69) is 13.8 Å². The maximum Gasteiger partial charge on any atom is 0.337 e. The number of carboxylic acids is 1. The van der Waals surface area contributed by atoms with Crippen LogP contribution in [0.1, 0.15) is 42.6 Å². The van der Waals surface area contributed by atoms with Gasteiger partial charge in [-0.1, -0.05) is 25.5 Å². The Bertz CT molecular complexity index is 427. The summed E-state index contributed by atoms with van der Waals surface area (Å²) in [5.41, 5.74) is 1.93. The van der Waals surface area contributed by atoms with Gasteiger partial charge >= 0.3 is 5.97 Å². The highest BCUT2D eigenvalue weighted by Gasteiger charge is 2.21. The summed E-state index contributed by atoms with van der Waals surface area (Å²) in [5.74, 6) is -0.924. The van der Waals surface area contributed by atoms with Crippen LogP contribution in [0.3, 0.4) is 0 Å². The molecule has 0 aliphatic rings. The Morgan fingerprint density at radius 2 is 1.95 bits per heavy atom. The van der Waals surface area contributed by atoms with Gasteiger partial charge in [-0.25, -0.2) is 4.79 Å². The summed E-state index contributed by atoms with van der Waals surface area (Å²) >= 11 is 0. The second-order valence-corrected chi connectivity index (χ2v) is 4.71. The number of anilines is 1. The molecule has 0 aliphatic heterocycles. The number of carboxylic acid groups (broad SMARTS) is 1. The molecule has 0 saturated heterocycles. The molecule has 0 fully saturated rings. The Morgan fingerprint density at radius 3 is 2.42 bits per heavy atom. The standard InChI is InChI=1S/C15H23NO3/c1-4-12(5-2)16(8-9-17)14-7-6-11(3)10-13(14)15(18)19/h6-7,10,12,17H,4-5,8-9H2,1-3H3,(H,18,19). The number of hydrogen-bond acceptors (Lipinski definition) is 3. The first-order valence-electron chi connectivity index (χ1n) is 6.76. The molecule has 0 bridgehead atoms. The first kappa shape index (κ1) is 15.5. The zero-order chi connectivity index (χ0) is 14.4. The maximum absolute atomic E-state index is 11.4. The predicted molar refractivity (Wildman–Crippen MR) is 76.9 cm³/mol. The summed E-state index contributed by atoms with van der Waals surface area (Å²) in [7, 11) is 0. The van der Waals surface area contributed by atoms with Crippen LogP contribution in [-0.4, -0.2) is 35.4 Å². The van der Waals surface area contributed by atoms with Crippen molar-refractivity contribution >= 4 is 11.7 Å². The van der Waals surface area contributed by atoms with Crippen molar-refractivity contribution in [2.75, 3.05) is 18.1 Å². The smallest absolute Gasteiger partial charge is 0.337 e. The van der Waals surface area contributed by atoms with Crippen LogP contribution in [0.5, 0.6) is 0 Å². The van der Waals surface area contributed by atoms with E-state index in [9.17, 15) is 15.0 Å². The SMILES string of the molecule is CCC(CC)N(CCO)c1ccc(C)cc1C(=O)O. The lowest BCUT2D eigenvalue weighted by atomic mass is 10.0. The van der Waals surface area contributed by atoms with Gasteiger partial charge in [-0.3, -0.25) is 0 Å². The van der Waals surface area contributed by atoms with E-state index < -0.39 is 5.97 Å². The van der Waals surface area contributed by atoms with Crippen LogP contribution in [0.2, 0.25) is 0 Å². The fraction of sp³-hybridized carbons (Fsp3) is 0.533. The Hall–Kier alpha value is -1.55. The molecule has 1 aromatic rings. The molecule has 1 aromatic carbocycles. The van der Waals surface area contributed by atoms with Crippen LogP contribution in [0.25, 0.3) is 0 Å². The van der Waals surface area contributed by atoms with E-state index in [4.69, 9.17) is 0 Å². The molecule has 2 N–H and O–H groups in total. The molecule has 0 radical (unpaired) electrons. The summed E-state index contributed by atoms with van der Waals surface area (Å²) in [6.07, 6.45) is 1.84. The second kappa shape index (κ2) is 7.14. The highest BCUT2D eigenvalue weighted by molar-refractivity contribution is 5.94. The molecule has 106 valence electrons. The zero-order valence-corrected chi connectivity index (χ0v) is 11.9. The molecule has 0 spiro atoms. The first-order chi connectivity index (χ1) is 9.04. The van der Waals surface area contributed by atoms with Gasteiger partial charge in [0.15, 0.2) is 0 Å². The van der Waals surface area contributed by atoms with E-state index in [1.165, 1.54) is 0 Å². The minimum Gasteiger partial charge on any atom is -0.478 e. The van der Waals surface area contributed by atoms with Gasteiger partial charge in [-0.2, -0.15) is 0 Å². The van der Waals surface area contributed by atoms with Crippen molar-refractivity contribution in [2.24, 2.45) is 0 Å². The molecule has 1 rings (SSSR count). The van der Waals surface area contributed by atoms with Crippen molar-refractivity contribution in [3.05, 3.63) is 29.3 Å². The van der Waals surface area contributed by atoms with E-state index >= 15 is 0 Å². The van der Waals surface area contributed by atoms with Gasteiger partial charge in [0.1, 0.15) is 0 Å². The highest BCUT2D eigenvalue weighted by atomic mass is 16.4. The lowest BCUT2D eigenvalue weighted by Gasteiger charge is -2.33. The topological polar surface area (TPSA) is 60.8 Å². The van der Waals surface area contributed by atoms with Crippen LogP contribution in [-0.2, 0) is 0 Å². The van der Waals surface area contributed by atoms with Gasteiger partial charge in [0, 0.05) is 12.6 Å². The third-order valence-electron chi connectivity index (χ3n) is 3.42. The van der Waals surface area contributed by atoms with Gasteiger partial charge in [-0.15, -0.1) is 0 Å². The second-order valence-electron chi connectivity index (χ2n) is 4.71. The minimum atomic E-state index is -0.924. The Balaban J connectivity index is 3.25. The van der Waals surface area contributed by atoms with Crippen molar-refractivity contribution in [3.63, 3.8) is 0 Å². The van der Waals surface area contributed by atoms with E-state index in [-0.39, 0.29) is 12.6 Å². The van der Waals surface area contributed by atoms with Crippen molar-refractivity contribution < 1.29 is 15.0 Å². The number of aliphatic hydroxyl groups is 1. The molecular formula is C15H23NO3. The summed E-state index contributed by atoms with van der Waals surface area (Å²) in [5, 5.41) is 18.6. The van der Waals surface area contributed by atoms with E-state index in [0.29, 0.717) is 17.8 Å². The Kier molecular flexibility index (Phi) is 5.83. The van der Waals surface area contributed by atoms with Crippen molar-refractivity contribution in [1.29, 1.82) is 0 Å². The van der Waals surface area contributed by atoms with Gasteiger partial charge < -0.3 is 15.1 Å². The number of aliphatic hydroxyl groups excluding tert-OH is 1. The monoisotopic (exact) mass is 265 g/mol. The average molecular weight is 265 g/mol. The Morgan fingerprint density at radius 1 is 1.32 bits per heavy atom. The molecule has 0 unspecified atom stereocenters. The number of hydrogen-bond donors (Lipinski definition) is 2. The lowest BCUT2D eigenvalue weighted by molar-refractivity contribution is 0.0697. The van der Waals surface area contributed by atoms with Crippen LogP contribution in [0, 0.1) is 6.92 Å². The van der Waals surface area contributed by atoms with Crippen molar-refractivity contribution in [2.45, 2.75) is 39.7 Å². The molecule has 4 heteroatoms. The normalized spacial score (nSPS) is 10.8. The molecule has 0 atom stereocenters. The van der Waals surface area contributed by atoms with E-state index in [1.807, 2.05) is 24.0 Å². The minimum absolute atomic E-state index is 0.0173.